The molecule has 9 heteroatoms. The van der Waals surface area contributed by atoms with Gasteiger partial charge in [-0.3, -0.25) is 9.48 Å². The van der Waals surface area contributed by atoms with Crippen LogP contribution < -0.4 is 5.32 Å². The van der Waals surface area contributed by atoms with Crippen LogP contribution >= 0.6 is 11.6 Å². The topological polar surface area (TPSA) is 117 Å². The Labute approximate surface area is 172 Å². The first-order chi connectivity index (χ1) is 13.9. The molecule has 0 saturated heterocycles. The van der Waals surface area contributed by atoms with Crippen molar-refractivity contribution in [1.29, 1.82) is 5.26 Å². The van der Waals surface area contributed by atoms with Gasteiger partial charge in [-0.25, -0.2) is 0 Å². The van der Waals surface area contributed by atoms with Crippen molar-refractivity contribution in [3.05, 3.63) is 58.6 Å². The predicted molar refractivity (Wildman–Crippen MR) is 106 cm³/mol. The molecule has 29 heavy (non-hydrogen) atoms. The number of hydrogen-bond donors (Lipinski definition) is 2. The number of carbonyl (C=O) groups excluding carboxylic acids is 1. The average molecular weight is 414 g/mol. The quantitative estimate of drug-likeness (QED) is 0.615. The number of amides is 1. The molecule has 0 aliphatic heterocycles. The van der Waals surface area contributed by atoms with Crippen molar-refractivity contribution in [3.8, 4) is 17.3 Å². The number of aliphatic hydroxyl groups excluding tert-OH is 1. The van der Waals surface area contributed by atoms with Crippen LogP contribution in [-0.2, 0) is 13.0 Å². The molecule has 2 heterocycles. The van der Waals surface area contributed by atoms with Crippen LogP contribution in [0.1, 0.15) is 35.7 Å². The van der Waals surface area contributed by atoms with E-state index in [2.05, 4.69) is 15.6 Å². The average Bonchev–Trinajstić information content (AvgIpc) is 3.30. The Morgan fingerprint density at radius 1 is 1.38 bits per heavy atom. The van der Waals surface area contributed by atoms with Gasteiger partial charge in [-0.15, -0.1) is 0 Å². The molecule has 2 aromatic heterocycles. The maximum absolute atomic E-state index is 12.3. The van der Waals surface area contributed by atoms with Crippen LogP contribution in [-0.4, -0.2) is 38.1 Å². The van der Waals surface area contributed by atoms with Crippen molar-refractivity contribution in [3.63, 3.8) is 0 Å². The zero-order valence-corrected chi connectivity index (χ0v) is 16.7. The molecular formula is C20H20ClN5O3. The summed E-state index contributed by atoms with van der Waals surface area (Å²) in [5.41, 5.74) is 2.10. The van der Waals surface area contributed by atoms with E-state index in [0.29, 0.717) is 35.0 Å². The molecule has 8 nitrogen and oxygen atoms in total. The summed E-state index contributed by atoms with van der Waals surface area (Å²) in [7, 11) is 0. The summed E-state index contributed by atoms with van der Waals surface area (Å²) in [5.74, 6) is 0.0972. The molecule has 2 unspecified atom stereocenters. The highest BCUT2D eigenvalue weighted by Crippen LogP contribution is 2.24. The van der Waals surface area contributed by atoms with Crippen molar-refractivity contribution in [1.82, 2.24) is 20.3 Å². The van der Waals surface area contributed by atoms with E-state index >= 15 is 0 Å². The zero-order chi connectivity index (χ0) is 21.0. The lowest BCUT2D eigenvalue weighted by Gasteiger charge is -2.12. The molecule has 3 rings (SSSR count). The Balaban J connectivity index is 1.61. The van der Waals surface area contributed by atoms with Crippen molar-refractivity contribution in [2.45, 2.75) is 39.0 Å². The highest BCUT2D eigenvalue weighted by molar-refractivity contribution is 6.32. The van der Waals surface area contributed by atoms with E-state index in [1.165, 1.54) is 6.07 Å². The lowest BCUT2D eigenvalue weighted by atomic mass is 10.1. The van der Waals surface area contributed by atoms with Gasteiger partial charge in [-0.1, -0.05) is 22.8 Å². The molecule has 1 aromatic carbocycles. The Morgan fingerprint density at radius 2 is 2.17 bits per heavy atom. The van der Waals surface area contributed by atoms with Gasteiger partial charge in [0.05, 0.1) is 28.9 Å². The minimum absolute atomic E-state index is 0.167. The molecule has 2 atom stereocenters. The smallest absolute Gasteiger partial charge is 0.273 e. The number of nitriles is 1. The summed E-state index contributed by atoms with van der Waals surface area (Å²) in [6, 6.07) is 10.3. The fourth-order valence-corrected chi connectivity index (χ4v) is 3.04. The molecule has 3 aromatic rings. The molecule has 0 fully saturated rings. The first-order valence-electron chi connectivity index (χ1n) is 9.03. The van der Waals surface area contributed by atoms with Crippen LogP contribution in [0.4, 0.5) is 0 Å². The van der Waals surface area contributed by atoms with Gasteiger partial charge in [0.15, 0.2) is 5.69 Å². The number of benzene rings is 1. The molecule has 2 N–H and O–H groups in total. The number of aliphatic hydroxyl groups is 1. The van der Waals surface area contributed by atoms with Crippen LogP contribution in [0.25, 0.3) is 11.3 Å². The number of rotatable bonds is 7. The molecule has 0 aliphatic rings. The number of nitrogens with zero attached hydrogens (tertiary/aromatic N) is 4. The largest absolute Gasteiger partial charge is 0.393 e. The minimum Gasteiger partial charge on any atom is -0.393 e. The number of carbonyl (C=O) groups is 1. The summed E-state index contributed by atoms with van der Waals surface area (Å²) in [6.07, 6.45) is 1.53. The maximum Gasteiger partial charge on any atom is 0.273 e. The molecule has 0 saturated carbocycles. The molecule has 0 radical (unpaired) electrons. The Bertz CT molecular complexity index is 1050. The first-order valence-corrected chi connectivity index (χ1v) is 9.41. The van der Waals surface area contributed by atoms with E-state index in [1.807, 2.05) is 19.1 Å². The molecule has 0 aliphatic carbocycles. The molecule has 0 bridgehead atoms. The Hall–Kier alpha value is -3.15. The van der Waals surface area contributed by atoms with Gasteiger partial charge in [0.2, 0.25) is 0 Å². The molecular weight excluding hydrogens is 394 g/mol. The van der Waals surface area contributed by atoms with Gasteiger partial charge < -0.3 is 14.9 Å². The zero-order valence-electron chi connectivity index (χ0n) is 16.0. The summed E-state index contributed by atoms with van der Waals surface area (Å²) >= 11 is 6.08. The van der Waals surface area contributed by atoms with Gasteiger partial charge in [0.25, 0.3) is 5.91 Å². The standard InChI is InChI=1S/C20H20ClN5O3/c1-12(23-20(28)19-9-16(29-25-19)7-13(2)27)11-26-6-5-18(24-26)14-3-4-15(10-22)17(21)8-14/h3-6,8-9,12-13,27H,7,11H2,1-2H3,(H,23,28). The van der Waals surface area contributed by atoms with E-state index < -0.39 is 6.10 Å². The second kappa shape index (κ2) is 8.90. The molecule has 1 amide bonds. The van der Waals surface area contributed by atoms with E-state index in [-0.39, 0.29) is 17.6 Å². The first kappa shape index (κ1) is 20.6. The number of nitrogens with one attached hydrogen (secondary N) is 1. The van der Waals surface area contributed by atoms with Crippen LogP contribution in [0.2, 0.25) is 5.02 Å². The fourth-order valence-electron chi connectivity index (χ4n) is 2.81. The summed E-state index contributed by atoms with van der Waals surface area (Å²) in [5, 5.41) is 29.8. The third kappa shape index (κ3) is 5.22. The SMILES string of the molecule is CC(O)Cc1cc(C(=O)NC(C)Cn2ccc(-c3ccc(C#N)c(Cl)c3)n2)no1. The number of aromatic nitrogens is 3. The Kier molecular flexibility index (Phi) is 6.32. The monoisotopic (exact) mass is 413 g/mol. The van der Waals surface area contributed by atoms with Crippen molar-refractivity contribution in [2.24, 2.45) is 0 Å². The second-order valence-electron chi connectivity index (χ2n) is 6.84. The van der Waals surface area contributed by atoms with E-state index in [1.54, 1.807) is 36.0 Å². The summed E-state index contributed by atoms with van der Waals surface area (Å²) in [6.45, 7) is 3.94. The van der Waals surface area contributed by atoms with Gasteiger partial charge >= 0.3 is 0 Å². The van der Waals surface area contributed by atoms with Gasteiger partial charge in [0.1, 0.15) is 11.8 Å². The van der Waals surface area contributed by atoms with Crippen molar-refractivity contribution in [2.75, 3.05) is 0 Å². The normalized spacial score (nSPS) is 12.9. The predicted octanol–water partition coefficient (Wildman–Crippen LogP) is 2.80. The van der Waals surface area contributed by atoms with Gasteiger partial charge in [0, 0.05) is 30.3 Å². The van der Waals surface area contributed by atoms with Crippen molar-refractivity contribution >= 4 is 17.5 Å². The van der Waals surface area contributed by atoms with E-state index in [0.717, 1.165) is 5.56 Å². The van der Waals surface area contributed by atoms with Gasteiger partial charge in [-0.05, 0) is 32.0 Å². The fraction of sp³-hybridized carbons (Fsp3) is 0.300. The lowest BCUT2D eigenvalue weighted by molar-refractivity contribution is 0.0926. The van der Waals surface area contributed by atoms with E-state index in [9.17, 15) is 9.90 Å². The minimum atomic E-state index is -0.571. The number of halogens is 1. The maximum atomic E-state index is 12.3. The number of hydrogen-bond acceptors (Lipinski definition) is 6. The van der Waals surface area contributed by atoms with Crippen LogP contribution in [0.3, 0.4) is 0 Å². The van der Waals surface area contributed by atoms with Gasteiger partial charge in [-0.2, -0.15) is 10.4 Å². The van der Waals surface area contributed by atoms with Crippen LogP contribution in [0.5, 0.6) is 0 Å². The molecule has 0 spiro atoms. The highest BCUT2D eigenvalue weighted by atomic mass is 35.5. The van der Waals surface area contributed by atoms with E-state index in [4.69, 9.17) is 21.4 Å². The molecule has 150 valence electrons. The highest BCUT2D eigenvalue weighted by Gasteiger charge is 2.16. The summed E-state index contributed by atoms with van der Waals surface area (Å²) < 4.78 is 6.77. The third-order valence-corrected chi connectivity index (χ3v) is 4.47. The Morgan fingerprint density at radius 3 is 2.86 bits per heavy atom. The third-order valence-electron chi connectivity index (χ3n) is 4.15. The van der Waals surface area contributed by atoms with Crippen molar-refractivity contribution < 1.29 is 14.4 Å². The van der Waals surface area contributed by atoms with Crippen LogP contribution in [0.15, 0.2) is 41.1 Å². The summed E-state index contributed by atoms with van der Waals surface area (Å²) in [4.78, 5) is 12.3. The lowest BCUT2D eigenvalue weighted by Crippen LogP contribution is -2.36. The van der Waals surface area contributed by atoms with Crippen LogP contribution in [0, 0.1) is 11.3 Å². The second-order valence-corrected chi connectivity index (χ2v) is 7.24.